The molecule has 2 fully saturated rings. The minimum absolute atomic E-state index is 0.0955. The summed E-state index contributed by atoms with van der Waals surface area (Å²) in [4.78, 5) is 13.9. The van der Waals surface area contributed by atoms with E-state index in [-0.39, 0.29) is 5.91 Å². The number of carbonyl (C=O) groups excluding carboxylic acids is 1. The van der Waals surface area contributed by atoms with Gasteiger partial charge in [0.1, 0.15) is 5.75 Å². The van der Waals surface area contributed by atoms with Gasteiger partial charge in [-0.2, -0.15) is 0 Å². The highest BCUT2D eigenvalue weighted by Gasteiger charge is 2.34. The van der Waals surface area contributed by atoms with Crippen LogP contribution < -0.4 is 15.0 Å². The lowest BCUT2D eigenvalue weighted by atomic mass is 9.75. The van der Waals surface area contributed by atoms with Gasteiger partial charge in [0.25, 0.3) is 5.91 Å². The number of methoxy groups -OCH3 is 1. The smallest absolute Gasteiger partial charge is 0.279 e. The van der Waals surface area contributed by atoms with Gasteiger partial charge in [0.05, 0.1) is 25.9 Å². The summed E-state index contributed by atoms with van der Waals surface area (Å²) in [6, 6.07) is 5.87. The predicted molar refractivity (Wildman–Crippen MR) is 92.0 cm³/mol. The van der Waals surface area contributed by atoms with Gasteiger partial charge in [0.2, 0.25) is 0 Å². The van der Waals surface area contributed by atoms with Crippen molar-refractivity contribution in [2.45, 2.75) is 39.0 Å². The van der Waals surface area contributed by atoms with Gasteiger partial charge in [-0.25, -0.2) is 0 Å². The summed E-state index contributed by atoms with van der Waals surface area (Å²) in [6.45, 7) is 4.90. The quantitative estimate of drug-likeness (QED) is 0.892. The average Bonchev–Trinajstić information content (AvgIpc) is 2.55. The highest BCUT2D eigenvalue weighted by Crippen LogP contribution is 2.32. The van der Waals surface area contributed by atoms with Gasteiger partial charge < -0.3 is 15.0 Å². The Hall–Kier alpha value is -1.55. The van der Waals surface area contributed by atoms with Crippen LogP contribution in [-0.4, -0.2) is 32.7 Å². The average molecular weight is 317 g/mol. The maximum absolute atomic E-state index is 12.4. The lowest BCUT2D eigenvalue weighted by Crippen LogP contribution is -3.15. The van der Waals surface area contributed by atoms with Crippen molar-refractivity contribution in [1.82, 2.24) is 0 Å². The minimum Gasteiger partial charge on any atom is -0.495 e. The summed E-state index contributed by atoms with van der Waals surface area (Å²) in [5.41, 5.74) is 1.90. The topological polar surface area (TPSA) is 42.8 Å². The minimum atomic E-state index is 0.0955. The molecule has 3 atom stereocenters. The Morgan fingerprint density at radius 1 is 1.26 bits per heavy atom. The number of piperidine rings is 1. The maximum atomic E-state index is 12.4. The molecule has 1 aliphatic heterocycles. The van der Waals surface area contributed by atoms with Gasteiger partial charge in [-0.15, -0.1) is 0 Å². The Balaban J connectivity index is 1.56. The summed E-state index contributed by atoms with van der Waals surface area (Å²) in [5, 5.41) is 3.04. The normalized spacial score (nSPS) is 27.1. The summed E-state index contributed by atoms with van der Waals surface area (Å²) in [6.07, 6.45) is 6.85. The molecule has 1 saturated carbocycles. The van der Waals surface area contributed by atoms with E-state index in [0.717, 1.165) is 35.4 Å². The molecular formula is C19H29N2O2+. The Morgan fingerprint density at radius 3 is 2.83 bits per heavy atom. The fraction of sp³-hybridized carbons (Fsp3) is 0.632. The number of likely N-dealkylation sites (tertiary alicyclic amines) is 1. The van der Waals surface area contributed by atoms with Crippen LogP contribution in [0.4, 0.5) is 5.69 Å². The highest BCUT2D eigenvalue weighted by atomic mass is 16.5. The zero-order chi connectivity index (χ0) is 16.2. The molecule has 0 spiro atoms. The van der Waals surface area contributed by atoms with Crippen LogP contribution in [0.1, 0.15) is 37.7 Å². The number of nitrogens with one attached hydrogen (secondary N) is 2. The van der Waals surface area contributed by atoms with Crippen molar-refractivity contribution in [3.05, 3.63) is 23.8 Å². The van der Waals surface area contributed by atoms with Crippen molar-refractivity contribution in [1.29, 1.82) is 0 Å². The molecule has 1 aliphatic carbocycles. The number of amides is 1. The van der Waals surface area contributed by atoms with Gasteiger partial charge >= 0.3 is 0 Å². The molecule has 1 heterocycles. The summed E-state index contributed by atoms with van der Waals surface area (Å²) < 4.78 is 5.34. The van der Waals surface area contributed by atoms with Gasteiger partial charge in [0.15, 0.2) is 6.54 Å². The zero-order valence-corrected chi connectivity index (χ0v) is 14.4. The van der Waals surface area contributed by atoms with Crippen molar-refractivity contribution in [2.24, 2.45) is 11.8 Å². The second kappa shape index (κ2) is 7.35. The molecule has 2 N–H and O–H groups in total. The summed E-state index contributed by atoms with van der Waals surface area (Å²) >= 11 is 0. The Kier molecular flexibility index (Phi) is 5.21. The van der Waals surface area contributed by atoms with Crippen molar-refractivity contribution < 1.29 is 14.4 Å². The molecule has 0 aromatic heterocycles. The predicted octanol–water partition coefficient (Wildman–Crippen LogP) is 2.04. The molecule has 1 aromatic rings. The number of benzene rings is 1. The SMILES string of the molecule is COc1ccc(C)cc1NC(=O)C[NH+]1CC[C@@H]2CCCC[C@@H]2C1. The van der Waals surface area contributed by atoms with Gasteiger partial charge in [-0.3, -0.25) is 4.79 Å². The number of fused-ring (bicyclic) bond motifs is 1. The Labute approximate surface area is 139 Å². The van der Waals surface area contributed by atoms with E-state index in [1.165, 1.54) is 43.5 Å². The fourth-order valence-electron chi connectivity index (χ4n) is 4.30. The highest BCUT2D eigenvalue weighted by molar-refractivity contribution is 5.93. The van der Waals surface area contributed by atoms with Crippen LogP contribution in [0.3, 0.4) is 0 Å². The van der Waals surface area contributed by atoms with Crippen LogP contribution in [0.15, 0.2) is 18.2 Å². The second-order valence-corrected chi connectivity index (χ2v) is 7.23. The number of ether oxygens (including phenoxy) is 1. The van der Waals surface area contributed by atoms with E-state index in [0.29, 0.717) is 6.54 Å². The van der Waals surface area contributed by atoms with E-state index in [9.17, 15) is 4.79 Å². The van der Waals surface area contributed by atoms with Crippen molar-refractivity contribution in [2.75, 3.05) is 32.1 Å². The number of hydrogen-bond acceptors (Lipinski definition) is 2. The van der Waals surface area contributed by atoms with E-state index >= 15 is 0 Å². The van der Waals surface area contributed by atoms with E-state index in [1.54, 1.807) is 7.11 Å². The molecule has 1 amide bonds. The summed E-state index contributed by atoms with van der Waals surface area (Å²) in [7, 11) is 1.64. The molecule has 126 valence electrons. The first-order valence-corrected chi connectivity index (χ1v) is 8.94. The third-order valence-corrected chi connectivity index (χ3v) is 5.53. The standard InChI is InChI=1S/C19H28N2O2/c1-14-7-8-18(23-2)17(11-14)20-19(22)13-21-10-9-15-5-3-4-6-16(15)12-21/h7-8,11,15-16H,3-6,9-10,12-13H2,1-2H3,(H,20,22)/p+1/t15-,16+/m0/s1. The fourth-order valence-corrected chi connectivity index (χ4v) is 4.30. The molecule has 0 radical (unpaired) electrons. The molecule has 1 aromatic carbocycles. The molecule has 23 heavy (non-hydrogen) atoms. The molecule has 3 rings (SSSR count). The van der Waals surface area contributed by atoms with Crippen LogP contribution >= 0.6 is 0 Å². The third kappa shape index (κ3) is 4.05. The van der Waals surface area contributed by atoms with E-state index in [1.807, 2.05) is 25.1 Å². The molecule has 1 saturated heterocycles. The third-order valence-electron chi connectivity index (χ3n) is 5.53. The van der Waals surface area contributed by atoms with Crippen LogP contribution in [0.2, 0.25) is 0 Å². The number of carbonyl (C=O) groups is 1. The first kappa shape index (κ1) is 16.3. The molecule has 0 bridgehead atoms. The van der Waals surface area contributed by atoms with E-state index < -0.39 is 0 Å². The van der Waals surface area contributed by atoms with Crippen molar-refractivity contribution >= 4 is 11.6 Å². The van der Waals surface area contributed by atoms with Crippen LogP contribution in [0.5, 0.6) is 5.75 Å². The van der Waals surface area contributed by atoms with Gasteiger partial charge in [0, 0.05) is 5.92 Å². The van der Waals surface area contributed by atoms with Crippen molar-refractivity contribution in [3.8, 4) is 5.75 Å². The lowest BCUT2D eigenvalue weighted by Gasteiger charge is -2.38. The van der Waals surface area contributed by atoms with Crippen LogP contribution in [-0.2, 0) is 4.79 Å². The Bertz CT molecular complexity index is 558. The monoisotopic (exact) mass is 317 g/mol. The number of quaternary nitrogens is 1. The largest absolute Gasteiger partial charge is 0.495 e. The maximum Gasteiger partial charge on any atom is 0.279 e. The number of aryl methyl sites for hydroxylation is 1. The van der Waals surface area contributed by atoms with E-state index in [2.05, 4.69) is 5.32 Å². The zero-order valence-electron chi connectivity index (χ0n) is 14.4. The molecule has 4 heteroatoms. The lowest BCUT2D eigenvalue weighted by molar-refractivity contribution is -0.902. The van der Waals surface area contributed by atoms with Crippen molar-refractivity contribution in [3.63, 3.8) is 0 Å². The molecule has 4 nitrogen and oxygen atoms in total. The summed E-state index contributed by atoms with van der Waals surface area (Å²) in [5.74, 6) is 2.59. The first-order chi connectivity index (χ1) is 11.2. The number of hydrogen-bond donors (Lipinski definition) is 2. The van der Waals surface area contributed by atoms with Crippen LogP contribution in [0.25, 0.3) is 0 Å². The van der Waals surface area contributed by atoms with Gasteiger partial charge in [-0.05, 0) is 49.8 Å². The Morgan fingerprint density at radius 2 is 2.04 bits per heavy atom. The molecule has 2 aliphatic rings. The van der Waals surface area contributed by atoms with Gasteiger partial charge in [-0.1, -0.05) is 18.9 Å². The van der Waals surface area contributed by atoms with Crippen LogP contribution in [0, 0.1) is 18.8 Å². The second-order valence-electron chi connectivity index (χ2n) is 7.23. The molecular weight excluding hydrogens is 288 g/mol. The van der Waals surface area contributed by atoms with E-state index in [4.69, 9.17) is 4.74 Å². The molecule has 1 unspecified atom stereocenters. The first-order valence-electron chi connectivity index (χ1n) is 8.94. The number of rotatable bonds is 4. The number of anilines is 1.